The Balaban J connectivity index is 2.43. The Morgan fingerprint density at radius 3 is 2.94 bits per heavy atom. The first-order valence-electron chi connectivity index (χ1n) is 5.87. The van der Waals surface area contributed by atoms with Crippen molar-refractivity contribution in [1.82, 2.24) is 0 Å². The maximum Gasteiger partial charge on any atom is 0.142 e. The van der Waals surface area contributed by atoms with Gasteiger partial charge in [-0.15, -0.1) is 0 Å². The molecule has 2 N–H and O–H groups in total. The van der Waals surface area contributed by atoms with Gasteiger partial charge in [0, 0.05) is 25.6 Å². The Hall–Kier alpha value is -1.22. The molecule has 3 nitrogen and oxygen atoms in total. The van der Waals surface area contributed by atoms with E-state index in [1.807, 2.05) is 13.0 Å². The van der Waals surface area contributed by atoms with Crippen LogP contribution in [0.2, 0.25) is 0 Å². The molecule has 0 bridgehead atoms. The van der Waals surface area contributed by atoms with Crippen LogP contribution in [-0.4, -0.2) is 26.2 Å². The molecule has 0 fully saturated rings. The highest BCUT2D eigenvalue weighted by Gasteiger charge is 2.31. The lowest BCUT2D eigenvalue weighted by atomic mass is 9.95. The van der Waals surface area contributed by atoms with Crippen molar-refractivity contribution in [3.05, 3.63) is 23.8 Å². The Bertz CT molecular complexity index is 376. The number of anilines is 1. The van der Waals surface area contributed by atoms with Gasteiger partial charge in [-0.3, -0.25) is 0 Å². The van der Waals surface area contributed by atoms with Crippen LogP contribution in [0.25, 0.3) is 0 Å². The normalized spacial score (nSPS) is 20.8. The van der Waals surface area contributed by atoms with Crippen molar-refractivity contribution < 1.29 is 4.74 Å². The highest BCUT2D eigenvalue weighted by atomic mass is 16.5. The third kappa shape index (κ3) is 1.76. The Kier molecular flexibility index (Phi) is 3.06. The van der Waals surface area contributed by atoms with Crippen LogP contribution in [0.5, 0.6) is 5.75 Å². The molecule has 2 rings (SSSR count). The predicted molar refractivity (Wildman–Crippen MR) is 67.3 cm³/mol. The molecule has 2 unspecified atom stereocenters. The van der Waals surface area contributed by atoms with E-state index < -0.39 is 0 Å². The van der Waals surface area contributed by atoms with Gasteiger partial charge in [-0.1, -0.05) is 12.1 Å². The van der Waals surface area contributed by atoms with Gasteiger partial charge in [0.1, 0.15) is 5.75 Å². The van der Waals surface area contributed by atoms with Gasteiger partial charge >= 0.3 is 0 Å². The molecule has 1 aliphatic rings. The molecular formula is C13H20N2O. The number of rotatable bonds is 3. The van der Waals surface area contributed by atoms with Crippen molar-refractivity contribution in [3.8, 4) is 5.75 Å². The molecule has 16 heavy (non-hydrogen) atoms. The molecule has 0 amide bonds. The lowest BCUT2D eigenvalue weighted by molar-refractivity contribution is 0.341. The fourth-order valence-electron chi connectivity index (χ4n) is 2.45. The van der Waals surface area contributed by atoms with Crippen LogP contribution in [0.3, 0.4) is 0 Å². The minimum Gasteiger partial charge on any atom is -0.492 e. The lowest BCUT2D eigenvalue weighted by Crippen LogP contribution is -2.28. The van der Waals surface area contributed by atoms with Crippen LogP contribution in [0, 0.1) is 0 Å². The van der Waals surface area contributed by atoms with E-state index in [-0.39, 0.29) is 6.04 Å². The van der Waals surface area contributed by atoms with Gasteiger partial charge in [-0.2, -0.15) is 0 Å². The summed E-state index contributed by atoms with van der Waals surface area (Å²) in [4.78, 5) is 2.24. The summed E-state index contributed by atoms with van der Waals surface area (Å²) in [5.74, 6) is 1.39. The van der Waals surface area contributed by atoms with E-state index in [1.165, 1.54) is 11.3 Å². The summed E-state index contributed by atoms with van der Waals surface area (Å²) in [5, 5.41) is 0. The van der Waals surface area contributed by atoms with Crippen molar-refractivity contribution in [2.45, 2.75) is 25.8 Å². The number of nitrogens with zero attached hydrogens (tertiary/aromatic N) is 1. The van der Waals surface area contributed by atoms with E-state index in [0.717, 1.165) is 12.3 Å². The molecule has 3 heteroatoms. The number of benzene rings is 1. The van der Waals surface area contributed by atoms with Crippen molar-refractivity contribution >= 4 is 5.69 Å². The number of para-hydroxylation sites is 1. The van der Waals surface area contributed by atoms with E-state index in [4.69, 9.17) is 10.5 Å². The van der Waals surface area contributed by atoms with Gasteiger partial charge in [-0.25, -0.2) is 0 Å². The fourth-order valence-corrected chi connectivity index (χ4v) is 2.45. The Morgan fingerprint density at radius 2 is 2.31 bits per heavy atom. The summed E-state index contributed by atoms with van der Waals surface area (Å²) in [5.41, 5.74) is 8.57. The maximum absolute atomic E-state index is 6.03. The number of hydrogen-bond donors (Lipinski definition) is 1. The number of ether oxygens (including phenoxy) is 1. The van der Waals surface area contributed by atoms with Crippen LogP contribution >= 0.6 is 0 Å². The van der Waals surface area contributed by atoms with Crippen molar-refractivity contribution in [1.29, 1.82) is 0 Å². The third-order valence-electron chi connectivity index (χ3n) is 3.22. The van der Waals surface area contributed by atoms with Crippen LogP contribution in [0.1, 0.15) is 25.3 Å². The number of hydrogen-bond acceptors (Lipinski definition) is 3. The standard InChI is InChI=1S/C13H20N2O/c1-4-16-12-7-5-6-10-11(9(2)14)8-15(3)13(10)12/h5-7,9,11H,4,8,14H2,1-3H3. The zero-order valence-corrected chi connectivity index (χ0v) is 10.2. The summed E-state index contributed by atoms with van der Waals surface area (Å²) in [6, 6.07) is 6.43. The molecule has 0 aromatic heterocycles. The lowest BCUT2D eigenvalue weighted by Gasteiger charge is -2.16. The van der Waals surface area contributed by atoms with Gasteiger partial charge < -0.3 is 15.4 Å². The van der Waals surface area contributed by atoms with Gasteiger partial charge in [0.25, 0.3) is 0 Å². The molecular weight excluding hydrogens is 200 g/mol. The average Bonchev–Trinajstić information content (AvgIpc) is 2.58. The van der Waals surface area contributed by atoms with Crippen molar-refractivity contribution in [3.63, 3.8) is 0 Å². The molecule has 0 saturated heterocycles. The topological polar surface area (TPSA) is 38.5 Å². The van der Waals surface area contributed by atoms with Gasteiger partial charge in [0.2, 0.25) is 0 Å². The van der Waals surface area contributed by atoms with E-state index >= 15 is 0 Å². The van der Waals surface area contributed by atoms with E-state index in [2.05, 4.69) is 31.0 Å². The Labute approximate surface area is 97.2 Å². The second-order valence-electron chi connectivity index (χ2n) is 4.47. The summed E-state index contributed by atoms with van der Waals surface area (Å²) in [6.45, 7) is 5.77. The molecule has 1 aromatic carbocycles. The molecule has 0 radical (unpaired) electrons. The molecule has 1 aromatic rings. The number of nitrogens with two attached hydrogens (primary N) is 1. The summed E-state index contributed by atoms with van der Waals surface area (Å²) in [7, 11) is 2.10. The zero-order chi connectivity index (χ0) is 11.7. The van der Waals surface area contributed by atoms with E-state index in [9.17, 15) is 0 Å². The molecule has 0 saturated carbocycles. The van der Waals surface area contributed by atoms with Gasteiger partial charge in [0.05, 0.1) is 12.3 Å². The minimum atomic E-state index is 0.181. The summed E-state index contributed by atoms with van der Waals surface area (Å²) < 4.78 is 5.66. The quantitative estimate of drug-likeness (QED) is 0.846. The second kappa shape index (κ2) is 4.34. The van der Waals surface area contributed by atoms with Gasteiger partial charge in [0.15, 0.2) is 0 Å². The van der Waals surface area contributed by atoms with Gasteiger partial charge in [-0.05, 0) is 25.5 Å². The highest BCUT2D eigenvalue weighted by Crippen LogP contribution is 2.42. The predicted octanol–water partition coefficient (Wildman–Crippen LogP) is 1.97. The van der Waals surface area contributed by atoms with Crippen LogP contribution < -0.4 is 15.4 Å². The SMILES string of the molecule is CCOc1cccc2c1N(C)CC2C(C)N. The first kappa shape index (κ1) is 11.3. The van der Waals surface area contributed by atoms with Crippen molar-refractivity contribution in [2.75, 3.05) is 25.1 Å². The Morgan fingerprint density at radius 1 is 1.56 bits per heavy atom. The molecule has 0 aliphatic carbocycles. The van der Waals surface area contributed by atoms with Crippen LogP contribution in [0.4, 0.5) is 5.69 Å². The van der Waals surface area contributed by atoms with E-state index in [1.54, 1.807) is 0 Å². The highest BCUT2D eigenvalue weighted by molar-refractivity contribution is 5.68. The minimum absolute atomic E-state index is 0.181. The third-order valence-corrected chi connectivity index (χ3v) is 3.22. The van der Waals surface area contributed by atoms with Crippen LogP contribution in [0.15, 0.2) is 18.2 Å². The molecule has 2 atom stereocenters. The smallest absolute Gasteiger partial charge is 0.142 e. The maximum atomic E-state index is 6.03. The summed E-state index contributed by atoms with van der Waals surface area (Å²) in [6.07, 6.45) is 0. The number of fused-ring (bicyclic) bond motifs is 1. The first-order chi connectivity index (χ1) is 7.65. The monoisotopic (exact) mass is 220 g/mol. The second-order valence-corrected chi connectivity index (χ2v) is 4.47. The molecule has 0 spiro atoms. The largest absolute Gasteiger partial charge is 0.492 e. The zero-order valence-electron chi connectivity index (χ0n) is 10.2. The number of likely N-dealkylation sites (N-methyl/N-ethyl adjacent to an activating group) is 1. The first-order valence-corrected chi connectivity index (χ1v) is 5.87. The van der Waals surface area contributed by atoms with Crippen LogP contribution in [-0.2, 0) is 0 Å². The molecule has 1 heterocycles. The summed E-state index contributed by atoms with van der Waals surface area (Å²) >= 11 is 0. The average molecular weight is 220 g/mol. The fraction of sp³-hybridized carbons (Fsp3) is 0.538. The molecule has 1 aliphatic heterocycles. The van der Waals surface area contributed by atoms with Crippen molar-refractivity contribution in [2.24, 2.45) is 5.73 Å². The molecule has 88 valence electrons. The van der Waals surface area contributed by atoms with E-state index in [0.29, 0.717) is 12.5 Å².